The van der Waals surface area contributed by atoms with Crippen LogP contribution in [0.1, 0.15) is 59.3 Å². The fraction of sp³-hybridized carbons (Fsp3) is 0.345. The van der Waals surface area contributed by atoms with Crippen LogP contribution in [0.15, 0.2) is 51.5 Å². The van der Waals surface area contributed by atoms with Crippen molar-refractivity contribution >= 4 is 65.9 Å². The Kier molecular flexibility index (Phi) is 9.15. The van der Waals surface area contributed by atoms with Crippen LogP contribution in [-0.4, -0.2) is 66.3 Å². The number of likely N-dealkylation sites (tertiary alicyclic amines) is 1. The standard InChI is InChI=1S/C29H31N5O5S/c1-30-19-34(31-2)24(15-20-6-5-7-21(14-20)25(36)9-13-35)27(38)32-22-16-23(40-18-22)8-12-33-26(37)17-29(28(33)39)10-3-4-11-29/h5-7,13-16,18-19H,2-4,8-12,17H2,1H3,(H,32,38)/b24-15-,30-19?. The number of hydrogen-bond acceptors (Lipinski definition) is 8. The second-order valence-electron chi connectivity index (χ2n) is 9.83. The Bertz CT molecular complexity index is 1390. The summed E-state index contributed by atoms with van der Waals surface area (Å²) in [6.07, 6.45) is 7.57. The summed E-state index contributed by atoms with van der Waals surface area (Å²) in [6.45, 7) is 3.84. The van der Waals surface area contributed by atoms with Gasteiger partial charge in [0.1, 0.15) is 18.3 Å². The Morgan fingerprint density at radius 3 is 2.70 bits per heavy atom. The maximum absolute atomic E-state index is 13.3. The van der Waals surface area contributed by atoms with E-state index in [1.165, 1.54) is 34.6 Å². The summed E-state index contributed by atoms with van der Waals surface area (Å²) in [7, 11) is 1.53. The molecule has 1 aliphatic heterocycles. The van der Waals surface area contributed by atoms with Crippen LogP contribution in [0.4, 0.5) is 5.69 Å². The van der Waals surface area contributed by atoms with E-state index >= 15 is 0 Å². The van der Waals surface area contributed by atoms with Crippen LogP contribution >= 0.6 is 11.3 Å². The maximum atomic E-state index is 13.3. The first-order valence-electron chi connectivity index (χ1n) is 13.0. The number of benzene rings is 1. The fourth-order valence-corrected chi connectivity index (χ4v) is 6.01. The first-order chi connectivity index (χ1) is 19.3. The first-order valence-corrected chi connectivity index (χ1v) is 13.9. The Hall–Kier alpha value is -4.25. The molecule has 1 aromatic carbocycles. The van der Waals surface area contributed by atoms with Crippen LogP contribution in [0.3, 0.4) is 0 Å². The molecular weight excluding hydrogens is 530 g/mol. The van der Waals surface area contributed by atoms with Crippen molar-refractivity contribution in [3.8, 4) is 0 Å². The molecule has 2 heterocycles. The van der Waals surface area contributed by atoms with E-state index in [-0.39, 0.29) is 29.7 Å². The Morgan fingerprint density at radius 2 is 2.00 bits per heavy atom. The van der Waals surface area contributed by atoms with E-state index in [1.54, 1.807) is 35.7 Å². The third-order valence-electron chi connectivity index (χ3n) is 7.18. The fourth-order valence-electron chi connectivity index (χ4n) is 5.20. The molecule has 3 amide bonds. The molecule has 2 aliphatic rings. The molecule has 2 aromatic rings. The summed E-state index contributed by atoms with van der Waals surface area (Å²) >= 11 is 1.43. The number of nitrogens with one attached hydrogen (secondary N) is 1. The third kappa shape index (κ3) is 6.31. The molecule has 1 saturated heterocycles. The van der Waals surface area contributed by atoms with Crippen LogP contribution in [0.25, 0.3) is 6.08 Å². The quantitative estimate of drug-likeness (QED) is 0.0611. The van der Waals surface area contributed by atoms with Gasteiger partial charge in [0.25, 0.3) is 5.91 Å². The summed E-state index contributed by atoms with van der Waals surface area (Å²) in [4.78, 5) is 68.0. The zero-order valence-corrected chi connectivity index (χ0v) is 23.1. The van der Waals surface area contributed by atoms with Gasteiger partial charge in [-0.05, 0) is 43.0 Å². The number of thiophene rings is 1. The minimum Gasteiger partial charge on any atom is -0.320 e. The van der Waals surface area contributed by atoms with Gasteiger partial charge in [-0.25, -0.2) is 5.01 Å². The Labute approximate surface area is 236 Å². The highest BCUT2D eigenvalue weighted by Gasteiger charge is 2.52. The van der Waals surface area contributed by atoms with E-state index in [9.17, 15) is 24.0 Å². The van der Waals surface area contributed by atoms with Gasteiger partial charge >= 0.3 is 0 Å². The summed E-state index contributed by atoms with van der Waals surface area (Å²) in [5.41, 5.74) is 1.06. The predicted octanol–water partition coefficient (Wildman–Crippen LogP) is 3.94. The zero-order chi connectivity index (χ0) is 28.7. The number of hydrazone groups is 1. The van der Waals surface area contributed by atoms with Gasteiger partial charge in [0.15, 0.2) is 5.78 Å². The van der Waals surface area contributed by atoms with Gasteiger partial charge in [-0.2, -0.15) is 5.10 Å². The average molecular weight is 562 g/mol. The van der Waals surface area contributed by atoms with Gasteiger partial charge < -0.3 is 10.1 Å². The SMILES string of the molecule is C=NN(C=NC)/C(=C\c1cccc(C(=O)CC=O)c1)C(=O)Nc1csc(CCN2C(=O)CC3(CCCC3)C2=O)c1. The van der Waals surface area contributed by atoms with Gasteiger partial charge in [-0.1, -0.05) is 31.0 Å². The molecule has 1 aromatic heterocycles. The molecule has 1 saturated carbocycles. The molecule has 0 unspecified atom stereocenters. The van der Waals surface area contributed by atoms with Crippen molar-refractivity contribution in [1.82, 2.24) is 9.91 Å². The summed E-state index contributed by atoms with van der Waals surface area (Å²) in [6, 6.07) is 8.38. The minimum atomic E-state index is -0.491. The van der Waals surface area contributed by atoms with Gasteiger partial charge in [-0.15, -0.1) is 11.3 Å². The number of aliphatic imine (C=N–C) groups is 1. The number of anilines is 1. The molecule has 2 fully saturated rings. The third-order valence-corrected chi connectivity index (χ3v) is 8.18. The van der Waals surface area contributed by atoms with E-state index in [0.717, 1.165) is 30.6 Å². The molecule has 1 spiro atoms. The Morgan fingerprint density at radius 1 is 1.23 bits per heavy atom. The molecule has 10 nitrogen and oxygen atoms in total. The van der Waals surface area contributed by atoms with Crippen LogP contribution in [0, 0.1) is 5.41 Å². The largest absolute Gasteiger partial charge is 0.320 e. The molecule has 0 atom stereocenters. The van der Waals surface area contributed by atoms with Crippen molar-refractivity contribution < 1.29 is 24.0 Å². The second-order valence-corrected chi connectivity index (χ2v) is 10.8. The monoisotopic (exact) mass is 561 g/mol. The zero-order valence-electron chi connectivity index (χ0n) is 22.3. The number of imide groups is 1. The van der Waals surface area contributed by atoms with Crippen molar-refractivity contribution in [2.24, 2.45) is 15.5 Å². The highest BCUT2D eigenvalue weighted by Crippen LogP contribution is 2.46. The molecule has 4 rings (SSSR count). The summed E-state index contributed by atoms with van der Waals surface area (Å²) in [5.74, 6) is -0.958. The van der Waals surface area contributed by atoms with Crippen molar-refractivity contribution in [1.29, 1.82) is 0 Å². The number of amides is 3. The van der Waals surface area contributed by atoms with E-state index in [2.05, 4.69) is 22.1 Å². The molecule has 11 heteroatoms. The lowest BCUT2D eigenvalue weighted by molar-refractivity contribution is -0.141. The number of ketones is 1. The lowest BCUT2D eigenvalue weighted by Gasteiger charge is -2.20. The summed E-state index contributed by atoms with van der Waals surface area (Å²) in [5, 5.41) is 9.72. The molecular formula is C29H31N5O5S. The highest BCUT2D eigenvalue weighted by molar-refractivity contribution is 7.10. The average Bonchev–Trinajstić information content (AvgIpc) is 3.66. The normalized spacial score (nSPS) is 16.6. The first kappa shape index (κ1) is 28.8. The number of Topliss-reactive ketones (excluding diaryl/α,β-unsaturated/α-hetero) is 1. The van der Waals surface area contributed by atoms with Crippen LogP contribution in [-0.2, 0) is 25.6 Å². The lowest BCUT2D eigenvalue weighted by Crippen LogP contribution is -2.35. The van der Waals surface area contributed by atoms with E-state index in [0.29, 0.717) is 42.5 Å². The lowest BCUT2D eigenvalue weighted by atomic mass is 9.84. The number of rotatable bonds is 12. The maximum Gasteiger partial charge on any atom is 0.274 e. The van der Waals surface area contributed by atoms with Gasteiger partial charge in [0, 0.05) is 42.6 Å². The van der Waals surface area contributed by atoms with Gasteiger partial charge in [0.2, 0.25) is 11.8 Å². The van der Waals surface area contributed by atoms with Crippen LogP contribution in [0.5, 0.6) is 0 Å². The number of carbonyl (C=O) groups is 5. The minimum absolute atomic E-state index is 0.0404. The van der Waals surface area contributed by atoms with Crippen molar-refractivity contribution in [3.63, 3.8) is 0 Å². The smallest absolute Gasteiger partial charge is 0.274 e. The predicted molar refractivity (Wildman–Crippen MR) is 154 cm³/mol. The molecule has 208 valence electrons. The van der Waals surface area contributed by atoms with Crippen LogP contribution in [0.2, 0.25) is 0 Å². The molecule has 40 heavy (non-hydrogen) atoms. The van der Waals surface area contributed by atoms with E-state index < -0.39 is 11.3 Å². The number of nitrogens with zero attached hydrogens (tertiary/aromatic N) is 4. The molecule has 0 bridgehead atoms. The highest BCUT2D eigenvalue weighted by atomic mass is 32.1. The van der Waals surface area contributed by atoms with Crippen molar-refractivity contribution in [2.45, 2.75) is 44.9 Å². The number of hydrogen-bond donors (Lipinski definition) is 1. The molecule has 0 radical (unpaired) electrons. The van der Waals surface area contributed by atoms with Gasteiger partial charge in [0.05, 0.1) is 17.5 Å². The van der Waals surface area contributed by atoms with Crippen molar-refractivity contribution in [2.75, 3.05) is 18.9 Å². The van der Waals surface area contributed by atoms with Gasteiger partial charge in [-0.3, -0.25) is 29.1 Å². The molecule has 1 aliphatic carbocycles. The van der Waals surface area contributed by atoms with E-state index in [1.807, 2.05) is 6.07 Å². The van der Waals surface area contributed by atoms with E-state index in [4.69, 9.17) is 0 Å². The second kappa shape index (κ2) is 12.7. The Balaban J connectivity index is 1.47. The number of carbonyl (C=O) groups excluding carboxylic acids is 5. The van der Waals surface area contributed by atoms with Crippen molar-refractivity contribution in [3.05, 3.63) is 57.4 Å². The van der Waals surface area contributed by atoms with Crippen LogP contribution < -0.4 is 5.32 Å². The topological polar surface area (TPSA) is 129 Å². The summed E-state index contributed by atoms with van der Waals surface area (Å²) < 4.78 is 0. The number of aldehydes is 1. The molecule has 1 N–H and O–H groups in total.